The molecule has 0 aromatic heterocycles. The number of fused-ring (bicyclic) bond motifs is 2. The normalized spacial score (nSPS) is 12.8. The van der Waals surface area contributed by atoms with Crippen LogP contribution in [0.3, 0.4) is 0 Å². The predicted molar refractivity (Wildman–Crippen MR) is 226 cm³/mol. The first-order valence-electron chi connectivity index (χ1n) is 18.3. The van der Waals surface area contributed by atoms with Crippen LogP contribution in [0.5, 0.6) is 0 Å². The molecular weight excluding hydrogens is 659 g/mol. The highest BCUT2D eigenvalue weighted by atomic mass is 32.2. The average molecular weight is 698 g/mol. The lowest BCUT2D eigenvalue weighted by Crippen LogP contribution is -2.23. The molecule has 0 saturated carbocycles. The number of anilines is 3. The van der Waals surface area contributed by atoms with Crippen molar-refractivity contribution in [2.45, 2.75) is 29.1 Å². The standard InChI is InChI=1S/C51H39NS/c1-51(2)47-20-9-10-22-49(47)53-50-46(19-12-21-48(50)51)40-27-33-45(34-28-40)52(43-29-23-38(24-30-43)36-13-5-3-6-14-36)44-31-25-39(26-32-44)42-18-11-17-41(35-42)37-15-7-4-8-16-37/h3-35H,1-2H3. The van der Waals surface area contributed by atoms with Gasteiger partial charge in [-0.15, -0.1) is 0 Å². The number of nitrogens with zero attached hydrogens (tertiary/aromatic N) is 1. The highest BCUT2D eigenvalue weighted by molar-refractivity contribution is 7.99. The molecule has 0 saturated heterocycles. The molecule has 0 spiro atoms. The molecule has 0 unspecified atom stereocenters. The molecule has 1 aliphatic heterocycles. The van der Waals surface area contributed by atoms with Crippen molar-refractivity contribution >= 4 is 28.8 Å². The molecule has 0 atom stereocenters. The maximum atomic E-state index is 2.36. The van der Waals surface area contributed by atoms with E-state index in [0.29, 0.717) is 0 Å². The molecule has 0 N–H and O–H groups in total. The summed E-state index contributed by atoms with van der Waals surface area (Å²) in [4.78, 5) is 5.05. The molecule has 1 heterocycles. The van der Waals surface area contributed by atoms with E-state index in [4.69, 9.17) is 0 Å². The summed E-state index contributed by atoms with van der Waals surface area (Å²) in [6.45, 7) is 4.70. The van der Waals surface area contributed by atoms with Crippen molar-refractivity contribution in [1.29, 1.82) is 0 Å². The maximum absolute atomic E-state index is 2.36. The van der Waals surface area contributed by atoms with Crippen molar-refractivity contribution in [3.8, 4) is 44.5 Å². The van der Waals surface area contributed by atoms with E-state index in [1.54, 1.807) is 0 Å². The summed E-state index contributed by atoms with van der Waals surface area (Å²) in [5, 5.41) is 0. The Morgan fingerprint density at radius 1 is 0.358 bits per heavy atom. The fourth-order valence-corrected chi connectivity index (χ4v) is 9.20. The van der Waals surface area contributed by atoms with Crippen LogP contribution in [0.25, 0.3) is 44.5 Å². The van der Waals surface area contributed by atoms with Crippen molar-refractivity contribution in [2.24, 2.45) is 0 Å². The molecule has 0 bridgehead atoms. The summed E-state index contributed by atoms with van der Waals surface area (Å²) in [6.07, 6.45) is 0. The SMILES string of the molecule is CC1(C)c2ccccc2Sc2c(-c3ccc(N(c4ccc(-c5ccccc5)cc4)c4ccc(-c5cccc(-c6ccccc6)c5)cc4)cc3)cccc21. The third-order valence-corrected chi connectivity index (χ3v) is 11.8. The van der Waals surface area contributed by atoms with Crippen molar-refractivity contribution in [3.63, 3.8) is 0 Å². The first-order chi connectivity index (χ1) is 26.0. The summed E-state index contributed by atoms with van der Waals surface area (Å²) < 4.78 is 0. The van der Waals surface area contributed by atoms with Crippen LogP contribution in [0, 0.1) is 0 Å². The van der Waals surface area contributed by atoms with Gasteiger partial charge in [-0.3, -0.25) is 0 Å². The second-order valence-corrected chi connectivity index (χ2v) is 15.2. The van der Waals surface area contributed by atoms with E-state index in [2.05, 4.69) is 219 Å². The van der Waals surface area contributed by atoms with Gasteiger partial charge in [0.2, 0.25) is 0 Å². The van der Waals surface area contributed by atoms with Crippen LogP contribution in [-0.4, -0.2) is 0 Å². The Morgan fingerprint density at radius 2 is 0.774 bits per heavy atom. The van der Waals surface area contributed by atoms with Gasteiger partial charge in [0.25, 0.3) is 0 Å². The molecule has 8 aromatic rings. The maximum Gasteiger partial charge on any atom is 0.0462 e. The van der Waals surface area contributed by atoms with Gasteiger partial charge in [-0.25, -0.2) is 0 Å². The molecule has 0 fully saturated rings. The zero-order valence-corrected chi connectivity index (χ0v) is 30.7. The largest absolute Gasteiger partial charge is 0.311 e. The fraction of sp³-hybridized carbons (Fsp3) is 0.0588. The number of benzene rings is 8. The van der Waals surface area contributed by atoms with Crippen LogP contribution < -0.4 is 4.90 Å². The van der Waals surface area contributed by atoms with Crippen LogP contribution >= 0.6 is 11.8 Å². The van der Waals surface area contributed by atoms with Gasteiger partial charge in [-0.1, -0.05) is 177 Å². The lowest BCUT2D eigenvalue weighted by Gasteiger charge is -2.35. The molecule has 1 aliphatic rings. The van der Waals surface area contributed by atoms with Gasteiger partial charge < -0.3 is 4.90 Å². The molecule has 2 heteroatoms. The molecule has 0 amide bonds. The minimum Gasteiger partial charge on any atom is -0.311 e. The van der Waals surface area contributed by atoms with Crippen LogP contribution in [0.2, 0.25) is 0 Å². The van der Waals surface area contributed by atoms with Gasteiger partial charge >= 0.3 is 0 Å². The van der Waals surface area contributed by atoms with E-state index < -0.39 is 0 Å². The van der Waals surface area contributed by atoms with Crippen molar-refractivity contribution < 1.29 is 0 Å². The zero-order chi connectivity index (χ0) is 35.8. The third-order valence-electron chi connectivity index (χ3n) is 10.6. The molecule has 0 aliphatic carbocycles. The van der Waals surface area contributed by atoms with Crippen molar-refractivity contribution in [1.82, 2.24) is 0 Å². The monoisotopic (exact) mass is 697 g/mol. The number of rotatable bonds is 7. The molecule has 53 heavy (non-hydrogen) atoms. The van der Waals surface area contributed by atoms with Gasteiger partial charge in [0.15, 0.2) is 0 Å². The van der Waals surface area contributed by atoms with E-state index in [9.17, 15) is 0 Å². The van der Waals surface area contributed by atoms with Gasteiger partial charge in [0, 0.05) is 32.3 Å². The topological polar surface area (TPSA) is 3.24 Å². The molecule has 9 rings (SSSR count). The summed E-state index contributed by atoms with van der Waals surface area (Å²) in [5.74, 6) is 0. The average Bonchev–Trinajstić information content (AvgIpc) is 3.22. The van der Waals surface area contributed by atoms with E-state index in [0.717, 1.165) is 17.1 Å². The Hall–Kier alpha value is -6.09. The van der Waals surface area contributed by atoms with Gasteiger partial charge in [0.1, 0.15) is 0 Å². The highest BCUT2D eigenvalue weighted by Gasteiger charge is 2.34. The second kappa shape index (κ2) is 13.8. The Kier molecular flexibility index (Phi) is 8.54. The molecule has 1 nitrogen and oxygen atoms in total. The first kappa shape index (κ1) is 32.8. The van der Waals surface area contributed by atoms with E-state index in [1.165, 1.54) is 65.4 Å². The Labute approximate surface area is 317 Å². The van der Waals surface area contributed by atoms with Crippen LogP contribution in [-0.2, 0) is 5.41 Å². The summed E-state index contributed by atoms with van der Waals surface area (Å²) in [5.41, 5.74) is 15.8. The predicted octanol–water partition coefficient (Wildman–Crippen LogP) is 14.6. The summed E-state index contributed by atoms with van der Waals surface area (Å²) >= 11 is 1.90. The minimum absolute atomic E-state index is 0.0646. The van der Waals surface area contributed by atoms with Crippen LogP contribution in [0.4, 0.5) is 17.1 Å². The van der Waals surface area contributed by atoms with Crippen LogP contribution in [0.1, 0.15) is 25.0 Å². The summed E-state index contributed by atoms with van der Waals surface area (Å²) in [7, 11) is 0. The van der Waals surface area contributed by atoms with Crippen molar-refractivity contribution in [3.05, 3.63) is 211 Å². The highest BCUT2D eigenvalue weighted by Crippen LogP contribution is 2.52. The van der Waals surface area contributed by atoms with E-state index in [-0.39, 0.29) is 5.41 Å². The molecule has 0 radical (unpaired) electrons. The lowest BCUT2D eigenvalue weighted by molar-refractivity contribution is 0.608. The van der Waals surface area contributed by atoms with E-state index in [1.807, 2.05) is 11.8 Å². The lowest BCUT2D eigenvalue weighted by atomic mass is 9.77. The molecule has 8 aromatic carbocycles. The second-order valence-electron chi connectivity index (χ2n) is 14.2. The minimum atomic E-state index is -0.0646. The van der Waals surface area contributed by atoms with Crippen LogP contribution in [0.15, 0.2) is 210 Å². The van der Waals surface area contributed by atoms with Gasteiger partial charge in [0.05, 0.1) is 0 Å². The Morgan fingerprint density at radius 3 is 1.36 bits per heavy atom. The summed E-state index contributed by atoms with van der Waals surface area (Å²) in [6, 6.07) is 72.6. The quantitative estimate of drug-likeness (QED) is 0.163. The smallest absolute Gasteiger partial charge is 0.0462 e. The third kappa shape index (κ3) is 6.26. The molecular formula is C51H39NS. The zero-order valence-electron chi connectivity index (χ0n) is 29.9. The first-order valence-corrected chi connectivity index (χ1v) is 19.1. The fourth-order valence-electron chi connectivity index (χ4n) is 7.68. The van der Waals surface area contributed by atoms with Gasteiger partial charge in [-0.05, 0) is 104 Å². The Balaban J connectivity index is 1.08. The van der Waals surface area contributed by atoms with Gasteiger partial charge in [-0.2, -0.15) is 0 Å². The number of hydrogen-bond acceptors (Lipinski definition) is 2. The number of hydrogen-bond donors (Lipinski definition) is 0. The Bertz CT molecular complexity index is 2520. The van der Waals surface area contributed by atoms with Crippen molar-refractivity contribution in [2.75, 3.05) is 4.90 Å². The van der Waals surface area contributed by atoms with E-state index >= 15 is 0 Å². The molecule has 254 valence electrons.